The summed E-state index contributed by atoms with van der Waals surface area (Å²) in [5.74, 6) is -2.15. The van der Waals surface area contributed by atoms with Gasteiger partial charge in [-0.1, -0.05) is 18.2 Å². The first-order chi connectivity index (χ1) is 17.7. The topological polar surface area (TPSA) is 223 Å². The number of aliphatic imine (C=N–C) groups is 1. The number of nitrogens with one attached hydrogen (secondary N) is 5. The van der Waals surface area contributed by atoms with E-state index in [9.17, 15) is 19.2 Å². The number of amides is 4. The molecule has 200 valence electrons. The fraction of sp³-hybridized carbons (Fsp3) is 0.458. The van der Waals surface area contributed by atoms with Crippen molar-refractivity contribution in [1.82, 2.24) is 26.3 Å². The highest BCUT2D eigenvalue weighted by Crippen LogP contribution is 2.19. The third-order valence-electron chi connectivity index (χ3n) is 6.16. The lowest BCUT2D eigenvalue weighted by Gasteiger charge is -2.21. The quantitative estimate of drug-likeness (QED) is 0.0861. The van der Waals surface area contributed by atoms with E-state index in [1.54, 1.807) is 6.20 Å². The molecular weight excluding hydrogens is 478 g/mol. The second-order valence-corrected chi connectivity index (χ2v) is 8.96. The molecule has 0 spiro atoms. The molecule has 1 aliphatic heterocycles. The summed E-state index contributed by atoms with van der Waals surface area (Å²) in [6, 6.07) is 5.37. The van der Waals surface area contributed by atoms with E-state index >= 15 is 0 Å². The van der Waals surface area contributed by atoms with E-state index in [1.165, 1.54) is 0 Å². The molecule has 1 aromatic heterocycles. The predicted octanol–water partition coefficient (Wildman–Crippen LogP) is -1.91. The number of primary amides is 1. The number of nitrogens with two attached hydrogens (primary N) is 3. The number of hydrogen-bond acceptors (Lipinski definition) is 6. The standard InChI is InChI=1S/C24H35N9O4/c25-21(35)19(11-14-12-30-16-6-2-1-5-15(14)16)32-20(34)13-31-22(36)18(8-4-10-29-24(26)27)33-23(37)17-7-3-9-28-17/h1-2,5-6,12,17-19,28,30H,3-4,7-11,13H2,(H2,25,35)(H,31,36)(H,32,34)(H,33,37)(H4,26,27,29)/t17-,18-,19-/m0/s1. The van der Waals surface area contributed by atoms with Crippen molar-refractivity contribution in [2.75, 3.05) is 19.6 Å². The Hall–Kier alpha value is -4.13. The Kier molecular flexibility index (Phi) is 9.84. The molecule has 2 aromatic rings. The molecule has 0 aliphatic carbocycles. The summed E-state index contributed by atoms with van der Waals surface area (Å²) >= 11 is 0. The molecular formula is C24H35N9O4. The molecule has 1 fully saturated rings. The molecule has 0 bridgehead atoms. The lowest BCUT2D eigenvalue weighted by molar-refractivity contribution is -0.131. The lowest BCUT2D eigenvalue weighted by atomic mass is 10.0. The summed E-state index contributed by atoms with van der Waals surface area (Å²) in [7, 11) is 0. The van der Waals surface area contributed by atoms with Crippen molar-refractivity contribution in [3.05, 3.63) is 36.0 Å². The van der Waals surface area contributed by atoms with Gasteiger partial charge in [-0.3, -0.25) is 24.2 Å². The van der Waals surface area contributed by atoms with Gasteiger partial charge in [0.1, 0.15) is 12.1 Å². The van der Waals surface area contributed by atoms with Crippen LogP contribution in [-0.4, -0.2) is 72.3 Å². The summed E-state index contributed by atoms with van der Waals surface area (Å²) in [6.45, 7) is 0.635. The Labute approximate surface area is 214 Å². The third kappa shape index (κ3) is 8.20. The second kappa shape index (κ2) is 13.3. The van der Waals surface area contributed by atoms with E-state index in [-0.39, 0.29) is 37.3 Å². The first-order valence-corrected chi connectivity index (χ1v) is 12.2. The van der Waals surface area contributed by atoms with Gasteiger partial charge in [0, 0.05) is 30.1 Å². The first-order valence-electron chi connectivity index (χ1n) is 12.2. The Morgan fingerprint density at radius 3 is 2.57 bits per heavy atom. The normalized spacial score (nSPS) is 16.5. The number of guanidine groups is 1. The van der Waals surface area contributed by atoms with Crippen LogP contribution in [0.25, 0.3) is 10.9 Å². The Bertz CT molecular complexity index is 1140. The summed E-state index contributed by atoms with van der Waals surface area (Å²) < 4.78 is 0. The number of benzene rings is 1. The summed E-state index contributed by atoms with van der Waals surface area (Å²) in [4.78, 5) is 57.0. The molecule has 37 heavy (non-hydrogen) atoms. The molecule has 1 aliphatic rings. The van der Waals surface area contributed by atoms with Gasteiger partial charge in [-0.05, 0) is 43.9 Å². The van der Waals surface area contributed by atoms with Gasteiger partial charge in [-0.25, -0.2) is 0 Å². The number of carbonyl (C=O) groups is 4. The number of nitrogens with zero attached hydrogens (tertiary/aromatic N) is 1. The highest BCUT2D eigenvalue weighted by atomic mass is 16.2. The van der Waals surface area contributed by atoms with E-state index in [4.69, 9.17) is 17.2 Å². The molecule has 4 amide bonds. The number of aromatic amines is 1. The van der Waals surface area contributed by atoms with Gasteiger partial charge in [-0.15, -0.1) is 0 Å². The van der Waals surface area contributed by atoms with Crippen molar-refractivity contribution in [2.45, 2.75) is 50.2 Å². The Balaban J connectivity index is 1.55. The highest BCUT2D eigenvalue weighted by molar-refractivity contribution is 5.93. The number of para-hydroxylation sites is 1. The minimum atomic E-state index is -0.966. The SMILES string of the molecule is NC(=O)[C@H](Cc1c[nH]c2ccccc12)NC(=O)CNC(=O)[C@H](CCCN=C(N)N)NC(=O)[C@@H]1CCCN1. The fourth-order valence-electron chi connectivity index (χ4n) is 4.23. The summed E-state index contributed by atoms with van der Waals surface area (Å²) in [5.41, 5.74) is 17.9. The first kappa shape index (κ1) is 27.5. The minimum absolute atomic E-state index is 0.0616. The van der Waals surface area contributed by atoms with E-state index in [2.05, 4.69) is 31.2 Å². The van der Waals surface area contributed by atoms with Crippen LogP contribution in [0, 0.1) is 0 Å². The Morgan fingerprint density at radius 1 is 1.08 bits per heavy atom. The molecule has 1 saturated heterocycles. The lowest BCUT2D eigenvalue weighted by Crippen LogP contribution is -2.54. The van der Waals surface area contributed by atoms with E-state index < -0.39 is 36.3 Å². The van der Waals surface area contributed by atoms with Gasteiger partial charge in [0.15, 0.2) is 5.96 Å². The van der Waals surface area contributed by atoms with Crippen LogP contribution >= 0.6 is 0 Å². The molecule has 2 heterocycles. The zero-order valence-electron chi connectivity index (χ0n) is 20.6. The van der Waals surface area contributed by atoms with Crippen LogP contribution in [0.4, 0.5) is 0 Å². The molecule has 3 atom stereocenters. The van der Waals surface area contributed by atoms with Gasteiger partial charge in [0.2, 0.25) is 23.6 Å². The predicted molar refractivity (Wildman–Crippen MR) is 139 cm³/mol. The summed E-state index contributed by atoms with van der Waals surface area (Å²) in [6.07, 6.45) is 4.23. The molecule has 0 saturated carbocycles. The van der Waals surface area contributed by atoms with Crippen molar-refractivity contribution >= 4 is 40.5 Å². The van der Waals surface area contributed by atoms with Crippen molar-refractivity contribution < 1.29 is 19.2 Å². The van der Waals surface area contributed by atoms with Crippen LogP contribution in [-0.2, 0) is 25.6 Å². The maximum Gasteiger partial charge on any atom is 0.243 e. The van der Waals surface area contributed by atoms with E-state index in [0.29, 0.717) is 12.8 Å². The zero-order chi connectivity index (χ0) is 26.8. The minimum Gasteiger partial charge on any atom is -0.370 e. The maximum atomic E-state index is 12.8. The number of H-pyrrole nitrogens is 1. The number of carbonyl (C=O) groups excluding carboxylic acids is 4. The van der Waals surface area contributed by atoms with Crippen molar-refractivity contribution in [1.29, 1.82) is 0 Å². The van der Waals surface area contributed by atoms with E-state index in [0.717, 1.165) is 29.4 Å². The Morgan fingerprint density at radius 2 is 1.86 bits per heavy atom. The van der Waals surface area contributed by atoms with Crippen molar-refractivity contribution in [3.8, 4) is 0 Å². The molecule has 11 N–H and O–H groups in total. The smallest absolute Gasteiger partial charge is 0.243 e. The van der Waals surface area contributed by atoms with Gasteiger partial charge >= 0.3 is 0 Å². The maximum absolute atomic E-state index is 12.8. The van der Waals surface area contributed by atoms with Crippen LogP contribution < -0.4 is 38.5 Å². The van der Waals surface area contributed by atoms with Crippen LogP contribution in [0.5, 0.6) is 0 Å². The van der Waals surface area contributed by atoms with Crippen LogP contribution in [0.3, 0.4) is 0 Å². The monoisotopic (exact) mass is 513 g/mol. The van der Waals surface area contributed by atoms with Crippen LogP contribution in [0.15, 0.2) is 35.5 Å². The van der Waals surface area contributed by atoms with Gasteiger partial charge in [0.05, 0.1) is 12.6 Å². The molecule has 0 unspecified atom stereocenters. The molecule has 13 nitrogen and oxygen atoms in total. The fourth-order valence-corrected chi connectivity index (χ4v) is 4.23. The molecule has 0 radical (unpaired) electrons. The van der Waals surface area contributed by atoms with E-state index in [1.807, 2.05) is 24.3 Å². The van der Waals surface area contributed by atoms with Crippen LogP contribution in [0.2, 0.25) is 0 Å². The van der Waals surface area contributed by atoms with Gasteiger partial charge in [-0.2, -0.15) is 0 Å². The number of fused-ring (bicyclic) bond motifs is 1. The molecule has 1 aromatic carbocycles. The van der Waals surface area contributed by atoms with Gasteiger partial charge < -0.3 is 43.5 Å². The number of hydrogen-bond donors (Lipinski definition) is 8. The number of rotatable bonds is 13. The third-order valence-corrected chi connectivity index (χ3v) is 6.16. The highest BCUT2D eigenvalue weighted by Gasteiger charge is 2.28. The second-order valence-electron chi connectivity index (χ2n) is 8.96. The van der Waals surface area contributed by atoms with Gasteiger partial charge in [0.25, 0.3) is 0 Å². The summed E-state index contributed by atoms with van der Waals surface area (Å²) in [5, 5.41) is 11.9. The zero-order valence-corrected chi connectivity index (χ0v) is 20.6. The molecule has 13 heteroatoms. The van der Waals surface area contributed by atoms with Crippen LogP contribution in [0.1, 0.15) is 31.2 Å². The van der Waals surface area contributed by atoms with Crippen molar-refractivity contribution in [2.24, 2.45) is 22.2 Å². The average molecular weight is 514 g/mol. The average Bonchev–Trinajstić information content (AvgIpc) is 3.54. The largest absolute Gasteiger partial charge is 0.370 e. The van der Waals surface area contributed by atoms with Crippen molar-refractivity contribution in [3.63, 3.8) is 0 Å². The molecule has 3 rings (SSSR count). The number of aromatic nitrogens is 1.